The molecule has 2 heterocycles. The van der Waals surface area contributed by atoms with Gasteiger partial charge in [-0.1, -0.05) is 19.9 Å². The fourth-order valence-corrected chi connectivity index (χ4v) is 5.04. The molecule has 26 heavy (non-hydrogen) atoms. The van der Waals surface area contributed by atoms with Crippen LogP contribution in [0.1, 0.15) is 42.0 Å². The summed E-state index contributed by atoms with van der Waals surface area (Å²) in [5.41, 5.74) is 3.12. The Kier molecular flexibility index (Phi) is 6.46. The van der Waals surface area contributed by atoms with Crippen LogP contribution in [-0.4, -0.2) is 69.7 Å². The number of nitrogens with zero attached hydrogens (tertiary/aromatic N) is 4. The van der Waals surface area contributed by atoms with Crippen molar-refractivity contribution in [3.8, 4) is 0 Å². The van der Waals surface area contributed by atoms with Crippen molar-refractivity contribution >= 4 is 17.7 Å². The standard InChI is InChI=1S/C20H32N4OS/c1-5-8-24-18-7-6-16(22(4)14-15(2)3)13-17(18)19(21-24)20(25)23-9-11-26-12-10-23/h5,15-16H,1,6-14H2,2-4H3. The van der Waals surface area contributed by atoms with Crippen LogP contribution >= 0.6 is 11.8 Å². The minimum atomic E-state index is 0.122. The normalized spacial score (nSPS) is 20.5. The number of carbonyl (C=O) groups excluding carboxylic acids is 1. The Morgan fingerprint density at radius 3 is 2.81 bits per heavy atom. The minimum absolute atomic E-state index is 0.122. The van der Waals surface area contributed by atoms with Crippen LogP contribution in [0.4, 0.5) is 0 Å². The highest BCUT2D eigenvalue weighted by molar-refractivity contribution is 7.99. The van der Waals surface area contributed by atoms with Gasteiger partial charge in [0.15, 0.2) is 5.69 Å². The van der Waals surface area contributed by atoms with Crippen LogP contribution in [0.3, 0.4) is 0 Å². The largest absolute Gasteiger partial charge is 0.336 e. The van der Waals surface area contributed by atoms with Crippen LogP contribution < -0.4 is 0 Å². The summed E-state index contributed by atoms with van der Waals surface area (Å²) in [6.45, 7) is 11.8. The topological polar surface area (TPSA) is 41.4 Å². The van der Waals surface area contributed by atoms with Gasteiger partial charge in [-0.3, -0.25) is 9.48 Å². The fourth-order valence-electron chi connectivity index (χ4n) is 4.13. The van der Waals surface area contributed by atoms with Crippen LogP contribution in [0, 0.1) is 5.92 Å². The van der Waals surface area contributed by atoms with Gasteiger partial charge in [0.05, 0.1) is 6.54 Å². The zero-order valence-electron chi connectivity index (χ0n) is 16.4. The summed E-state index contributed by atoms with van der Waals surface area (Å²) in [5, 5.41) is 4.74. The number of aromatic nitrogens is 2. The number of thioether (sulfide) groups is 1. The summed E-state index contributed by atoms with van der Waals surface area (Å²) < 4.78 is 2.01. The van der Waals surface area contributed by atoms with Gasteiger partial charge in [0.2, 0.25) is 0 Å². The zero-order valence-corrected chi connectivity index (χ0v) is 17.2. The molecule has 2 aliphatic rings. The first kappa shape index (κ1) is 19.5. The second-order valence-electron chi connectivity index (χ2n) is 7.88. The molecule has 0 radical (unpaired) electrons. The monoisotopic (exact) mass is 376 g/mol. The SMILES string of the molecule is C=CCn1nc(C(=O)N2CCSCC2)c2c1CCC(N(C)CC(C)C)C2. The molecule has 0 N–H and O–H groups in total. The Labute approximate surface area is 161 Å². The maximum absolute atomic E-state index is 13.1. The predicted molar refractivity (Wildman–Crippen MR) is 109 cm³/mol. The lowest BCUT2D eigenvalue weighted by Crippen LogP contribution is -2.40. The van der Waals surface area contributed by atoms with Crippen LogP contribution in [0.5, 0.6) is 0 Å². The molecule has 144 valence electrons. The smallest absolute Gasteiger partial charge is 0.274 e. The second kappa shape index (κ2) is 8.61. The average Bonchev–Trinajstić information content (AvgIpc) is 2.99. The van der Waals surface area contributed by atoms with E-state index in [-0.39, 0.29) is 5.91 Å². The van der Waals surface area contributed by atoms with Gasteiger partial charge in [-0.05, 0) is 32.2 Å². The van der Waals surface area contributed by atoms with E-state index >= 15 is 0 Å². The van der Waals surface area contributed by atoms with Crippen LogP contribution in [-0.2, 0) is 19.4 Å². The lowest BCUT2D eigenvalue weighted by atomic mass is 9.90. The lowest BCUT2D eigenvalue weighted by Gasteiger charge is -2.33. The van der Waals surface area contributed by atoms with E-state index in [0.717, 1.165) is 50.4 Å². The third-order valence-corrected chi connectivity index (χ3v) is 6.34. The Hall–Kier alpha value is -1.27. The van der Waals surface area contributed by atoms with Crippen LogP contribution in [0.25, 0.3) is 0 Å². The van der Waals surface area contributed by atoms with Gasteiger partial charge in [-0.15, -0.1) is 6.58 Å². The maximum atomic E-state index is 13.1. The van der Waals surface area contributed by atoms with Crippen molar-refractivity contribution in [3.63, 3.8) is 0 Å². The number of allylic oxidation sites excluding steroid dienone is 1. The number of rotatable bonds is 6. The van der Waals surface area contributed by atoms with Crippen molar-refractivity contribution in [2.24, 2.45) is 5.92 Å². The van der Waals surface area contributed by atoms with Gasteiger partial charge >= 0.3 is 0 Å². The molecule has 1 amide bonds. The first-order chi connectivity index (χ1) is 12.5. The third-order valence-electron chi connectivity index (χ3n) is 5.40. The Balaban J connectivity index is 1.86. The fraction of sp³-hybridized carbons (Fsp3) is 0.700. The molecular weight excluding hydrogens is 344 g/mol. The molecule has 1 fully saturated rings. The highest BCUT2D eigenvalue weighted by Crippen LogP contribution is 2.29. The number of hydrogen-bond acceptors (Lipinski definition) is 4. The number of hydrogen-bond donors (Lipinski definition) is 0. The molecule has 0 aromatic carbocycles. The van der Waals surface area contributed by atoms with E-state index in [1.54, 1.807) is 0 Å². The summed E-state index contributed by atoms with van der Waals surface area (Å²) in [6.07, 6.45) is 4.93. The van der Waals surface area contributed by atoms with E-state index in [1.165, 1.54) is 11.3 Å². The molecule has 6 heteroatoms. The Morgan fingerprint density at radius 2 is 2.15 bits per heavy atom. The first-order valence-corrected chi connectivity index (χ1v) is 10.9. The first-order valence-electron chi connectivity index (χ1n) is 9.78. The molecule has 0 bridgehead atoms. The van der Waals surface area contributed by atoms with Crippen molar-refractivity contribution in [2.45, 2.75) is 45.7 Å². The molecule has 3 rings (SSSR count). The van der Waals surface area contributed by atoms with Gasteiger partial charge in [0.1, 0.15) is 0 Å². The molecular formula is C20H32N4OS. The van der Waals surface area contributed by atoms with Gasteiger partial charge in [-0.2, -0.15) is 16.9 Å². The maximum Gasteiger partial charge on any atom is 0.274 e. The number of carbonyl (C=O) groups is 1. The summed E-state index contributed by atoms with van der Waals surface area (Å²) >= 11 is 1.92. The predicted octanol–water partition coefficient (Wildman–Crippen LogP) is 2.70. The van der Waals surface area contributed by atoms with Gasteiger partial charge < -0.3 is 9.80 Å². The Bertz CT molecular complexity index is 648. The van der Waals surface area contributed by atoms with Gasteiger partial charge in [0.25, 0.3) is 5.91 Å². The lowest BCUT2D eigenvalue weighted by molar-refractivity contribution is 0.0763. The van der Waals surface area contributed by atoms with E-state index in [0.29, 0.717) is 24.2 Å². The molecule has 0 saturated carbocycles. The highest BCUT2D eigenvalue weighted by Gasteiger charge is 2.32. The van der Waals surface area contributed by atoms with Crippen molar-refractivity contribution in [1.82, 2.24) is 19.6 Å². The van der Waals surface area contributed by atoms with Crippen molar-refractivity contribution in [3.05, 3.63) is 29.6 Å². The van der Waals surface area contributed by atoms with Crippen LogP contribution in [0.2, 0.25) is 0 Å². The molecule has 1 aliphatic carbocycles. The minimum Gasteiger partial charge on any atom is -0.336 e. The van der Waals surface area contributed by atoms with Crippen molar-refractivity contribution in [1.29, 1.82) is 0 Å². The molecule has 1 aliphatic heterocycles. The summed E-state index contributed by atoms with van der Waals surface area (Å²) in [5.74, 6) is 2.83. The van der Waals surface area contributed by atoms with E-state index in [9.17, 15) is 4.79 Å². The third kappa shape index (κ3) is 4.17. The van der Waals surface area contributed by atoms with Crippen molar-refractivity contribution < 1.29 is 4.79 Å². The highest BCUT2D eigenvalue weighted by atomic mass is 32.2. The quantitative estimate of drug-likeness (QED) is 0.716. The molecule has 0 spiro atoms. The zero-order chi connectivity index (χ0) is 18.7. The van der Waals surface area contributed by atoms with Gasteiger partial charge in [-0.25, -0.2) is 0 Å². The van der Waals surface area contributed by atoms with E-state index in [4.69, 9.17) is 5.10 Å². The van der Waals surface area contributed by atoms with E-state index < -0.39 is 0 Å². The number of likely N-dealkylation sites (N-methyl/N-ethyl adjacent to an activating group) is 1. The van der Waals surface area contributed by atoms with E-state index in [1.807, 2.05) is 27.4 Å². The summed E-state index contributed by atoms with van der Waals surface area (Å²) in [4.78, 5) is 17.6. The van der Waals surface area contributed by atoms with E-state index in [2.05, 4.69) is 32.4 Å². The average molecular weight is 377 g/mol. The second-order valence-corrected chi connectivity index (χ2v) is 9.10. The van der Waals surface area contributed by atoms with Crippen LogP contribution in [0.15, 0.2) is 12.7 Å². The van der Waals surface area contributed by atoms with Gasteiger partial charge in [0, 0.05) is 48.4 Å². The Morgan fingerprint density at radius 1 is 1.42 bits per heavy atom. The molecule has 1 atom stereocenters. The molecule has 1 saturated heterocycles. The number of amides is 1. The molecule has 5 nitrogen and oxygen atoms in total. The summed E-state index contributed by atoms with van der Waals surface area (Å²) in [7, 11) is 2.22. The number of fused-ring (bicyclic) bond motifs is 1. The molecule has 1 unspecified atom stereocenters. The molecule has 1 aromatic heterocycles. The molecule has 1 aromatic rings. The van der Waals surface area contributed by atoms with Crippen molar-refractivity contribution in [2.75, 3.05) is 38.2 Å². The summed E-state index contributed by atoms with van der Waals surface area (Å²) in [6, 6.07) is 0.495.